The Hall–Kier alpha value is -3.64. The molecular formula is C24H17Cl2F2N5O4. The summed E-state index contributed by atoms with van der Waals surface area (Å²) >= 11 is 12.3. The molecule has 1 aliphatic heterocycles. The first-order valence-electron chi connectivity index (χ1n) is 10.9. The summed E-state index contributed by atoms with van der Waals surface area (Å²) in [6.07, 6.45) is -0.182. The number of nitrogens with zero attached hydrogens (tertiary/aromatic N) is 4. The Morgan fingerprint density at radius 2 is 1.76 bits per heavy atom. The second kappa shape index (κ2) is 9.67. The average Bonchev–Trinajstić information content (AvgIpc) is 3.20. The number of fused-ring (bicyclic) bond motifs is 1. The molecule has 190 valence electrons. The van der Waals surface area contributed by atoms with Gasteiger partial charge in [0.2, 0.25) is 5.43 Å². The number of aliphatic hydroxyl groups excluding tert-OH is 2. The van der Waals surface area contributed by atoms with Crippen molar-refractivity contribution in [1.29, 1.82) is 0 Å². The molecule has 0 unspecified atom stereocenters. The number of para-hydroxylation sites is 1. The topological polar surface area (TPSA) is 121 Å². The number of aliphatic hydroxyl groups is 2. The van der Waals surface area contributed by atoms with Gasteiger partial charge in [-0.25, -0.2) is 18.7 Å². The number of benzene rings is 1. The average molecular weight is 548 g/mol. The fraction of sp³-hybridized carbons (Fsp3) is 0.167. The Morgan fingerprint density at radius 3 is 2.41 bits per heavy atom. The SMILES string of the molecule is O=C(Nc1c(Cl)cccc1Cl)c1cn(-c2ncc(F)cc2F)c2nc(N3C[C@H](O)[C@@H](O)C3)ccc2c1=O. The van der Waals surface area contributed by atoms with E-state index in [0.717, 1.165) is 17.0 Å². The maximum absolute atomic E-state index is 14.8. The zero-order valence-corrected chi connectivity index (χ0v) is 20.2. The van der Waals surface area contributed by atoms with Crippen molar-refractivity contribution in [1.82, 2.24) is 14.5 Å². The highest BCUT2D eigenvalue weighted by Gasteiger charge is 2.31. The summed E-state index contributed by atoms with van der Waals surface area (Å²) in [6, 6.07) is 8.03. The molecule has 0 radical (unpaired) electrons. The molecule has 3 aromatic heterocycles. The molecule has 0 bridgehead atoms. The third-order valence-electron chi connectivity index (χ3n) is 5.88. The number of pyridine rings is 3. The molecule has 13 heteroatoms. The zero-order chi connectivity index (χ0) is 26.4. The van der Waals surface area contributed by atoms with Gasteiger partial charge >= 0.3 is 0 Å². The number of carbonyl (C=O) groups excluding carboxylic acids is 1. The van der Waals surface area contributed by atoms with Crippen molar-refractivity contribution in [2.24, 2.45) is 0 Å². The van der Waals surface area contributed by atoms with Crippen LogP contribution in [-0.2, 0) is 0 Å². The van der Waals surface area contributed by atoms with Crippen molar-refractivity contribution in [3.05, 3.63) is 86.3 Å². The van der Waals surface area contributed by atoms with Crippen LogP contribution in [0, 0.1) is 11.6 Å². The van der Waals surface area contributed by atoms with E-state index in [1.54, 1.807) is 11.0 Å². The normalized spacial score (nSPS) is 17.4. The predicted octanol–water partition coefficient (Wildman–Crippen LogP) is 3.16. The zero-order valence-electron chi connectivity index (χ0n) is 18.7. The second-order valence-electron chi connectivity index (χ2n) is 8.33. The summed E-state index contributed by atoms with van der Waals surface area (Å²) in [5.74, 6) is -3.01. The molecule has 5 rings (SSSR count). The number of hydrogen-bond donors (Lipinski definition) is 3. The predicted molar refractivity (Wildman–Crippen MR) is 134 cm³/mol. The number of halogens is 4. The van der Waals surface area contributed by atoms with Crippen LogP contribution in [0.25, 0.3) is 16.9 Å². The lowest BCUT2D eigenvalue weighted by Gasteiger charge is -2.19. The minimum absolute atomic E-state index is 0.0625. The van der Waals surface area contributed by atoms with Gasteiger partial charge in [0.15, 0.2) is 17.3 Å². The van der Waals surface area contributed by atoms with Crippen molar-refractivity contribution >= 4 is 51.6 Å². The molecule has 0 spiro atoms. The van der Waals surface area contributed by atoms with Gasteiger partial charge in [-0.3, -0.25) is 14.2 Å². The van der Waals surface area contributed by atoms with E-state index in [1.165, 1.54) is 24.3 Å². The molecule has 0 aliphatic carbocycles. The number of aromatic nitrogens is 3. The van der Waals surface area contributed by atoms with Gasteiger partial charge in [-0.05, 0) is 24.3 Å². The second-order valence-corrected chi connectivity index (χ2v) is 9.15. The first kappa shape index (κ1) is 25.0. The van der Waals surface area contributed by atoms with Crippen molar-refractivity contribution in [2.75, 3.05) is 23.3 Å². The molecule has 0 saturated carbocycles. The van der Waals surface area contributed by atoms with Crippen LogP contribution in [0.3, 0.4) is 0 Å². The quantitative estimate of drug-likeness (QED) is 0.359. The number of amides is 1. The molecule has 2 atom stereocenters. The number of β-amino-alcohol motifs (C(OH)–C–C–N with tert-alkyl or cyclic N) is 2. The minimum Gasteiger partial charge on any atom is -0.389 e. The summed E-state index contributed by atoms with van der Waals surface area (Å²) in [5.41, 5.74) is -1.14. The van der Waals surface area contributed by atoms with Gasteiger partial charge in [0.25, 0.3) is 5.91 Å². The lowest BCUT2D eigenvalue weighted by molar-refractivity contribution is 0.0572. The van der Waals surface area contributed by atoms with Gasteiger partial charge in [0.05, 0.1) is 39.5 Å². The van der Waals surface area contributed by atoms with E-state index in [0.29, 0.717) is 6.07 Å². The molecule has 1 saturated heterocycles. The summed E-state index contributed by atoms with van der Waals surface area (Å²) in [7, 11) is 0. The van der Waals surface area contributed by atoms with E-state index in [-0.39, 0.29) is 45.7 Å². The number of hydrogen-bond acceptors (Lipinski definition) is 7. The van der Waals surface area contributed by atoms with Crippen LogP contribution < -0.4 is 15.6 Å². The number of rotatable bonds is 4. The standard InChI is InChI=1S/C24H17Cl2F2N5O4/c25-14-2-1-3-15(26)20(14)31-24(37)13-8-33(23-16(28)6-11(27)7-29-23)22-12(21(13)36)4-5-19(30-22)32-9-17(34)18(35)10-32/h1-8,17-18,34-35H,9-10H2,(H,31,37)/t17-,18-/m0/s1. The number of carbonyl (C=O) groups is 1. The van der Waals surface area contributed by atoms with Gasteiger partial charge in [-0.2, -0.15) is 0 Å². The van der Waals surface area contributed by atoms with E-state index in [1.807, 2.05) is 0 Å². The van der Waals surface area contributed by atoms with E-state index in [2.05, 4.69) is 15.3 Å². The monoisotopic (exact) mass is 547 g/mol. The third kappa shape index (κ3) is 4.62. The smallest absolute Gasteiger partial charge is 0.261 e. The molecule has 37 heavy (non-hydrogen) atoms. The van der Waals surface area contributed by atoms with Crippen molar-refractivity contribution < 1.29 is 23.8 Å². The maximum atomic E-state index is 14.8. The lowest BCUT2D eigenvalue weighted by atomic mass is 10.1. The van der Waals surface area contributed by atoms with E-state index in [9.17, 15) is 28.6 Å². The van der Waals surface area contributed by atoms with Crippen LogP contribution in [0.2, 0.25) is 10.0 Å². The Kier molecular flexibility index (Phi) is 6.54. The highest BCUT2D eigenvalue weighted by Crippen LogP contribution is 2.30. The highest BCUT2D eigenvalue weighted by atomic mass is 35.5. The Labute approximate surface area is 217 Å². The van der Waals surface area contributed by atoms with Crippen LogP contribution in [0.4, 0.5) is 20.3 Å². The van der Waals surface area contributed by atoms with Crippen LogP contribution >= 0.6 is 23.2 Å². The van der Waals surface area contributed by atoms with E-state index < -0.39 is 46.6 Å². The first-order valence-corrected chi connectivity index (χ1v) is 11.6. The van der Waals surface area contributed by atoms with Gasteiger partial charge < -0.3 is 20.4 Å². The third-order valence-corrected chi connectivity index (χ3v) is 6.51. The maximum Gasteiger partial charge on any atom is 0.261 e. The summed E-state index contributed by atoms with van der Waals surface area (Å²) in [5, 5.41) is 22.5. The molecule has 4 heterocycles. The number of nitrogens with one attached hydrogen (secondary N) is 1. The van der Waals surface area contributed by atoms with E-state index >= 15 is 0 Å². The summed E-state index contributed by atoms with van der Waals surface area (Å²) < 4.78 is 29.5. The summed E-state index contributed by atoms with van der Waals surface area (Å²) in [4.78, 5) is 36.3. The van der Waals surface area contributed by atoms with Crippen molar-refractivity contribution in [3.8, 4) is 5.82 Å². The molecule has 1 fully saturated rings. The Bertz CT molecular complexity index is 1590. The number of anilines is 2. The fourth-order valence-electron chi connectivity index (χ4n) is 4.03. The van der Waals surface area contributed by atoms with Gasteiger partial charge in [0.1, 0.15) is 17.2 Å². The molecular weight excluding hydrogens is 531 g/mol. The first-order chi connectivity index (χ1) is 17.6. The minimum atomic E-state index is -1.07. The molecule has 3 N–H and O–H groups in total. The van der Waals surface area contributed by atoms with Crippen molar-refractivity contribution in [3.63, 3.8) is 0 Å². The van der Waals surface area contributed by atoms with Crippen LogP contribution in [0.15, 0.2) is 53.6 Å². The fourth-order valence-corrected chi connectivity index (χ4v) is 4.52. The highest BCUT2D eigenvalue weighted by molar-refractivity contribution is 6.40. The summed E-state index contributed by atoms with van der Waals surface area (Å²) in [6.45, 7) is 0.151. The molecule has 9 nitrogen and oxygen atoms in total. The molecule has 1 amide bonds. The van der Waals surface area contributed by atoms with Crippen molar-refractivity contribution in [2.45, 2.75) is 12.2 Å². The molecule has 1 aliphatic rings. The largest absolute Gasteiger partial charge is 0.389 e. The van der Waals surface area contributed by atoms with Crippen LogP contribution in [0.5, 0.6) is 0 Å². The Morgan fingerprint density at radius 1 is 1.08 bits per heavy atom. The van der Waals surface area contributed by atoms with Crippen LogP contribution in [-0.4, -0.2) is 56.0 Å². The molecule has 1 aromatic carbocycles. The van der Waals surface area contributed by atoms with E-state index in [4.69, 9.17) is 23.2 Å². The van der Waals surface area contributed by atoms with Gasteiger partial charge in [-0.1, -0.05) is 29.3 Å². The lowest BCUT2D eigenvalue weighted by Crippen LogP contribution is -2.26. The van der Waals surface area contributed by atoms with Gasteiger partial charge in [-0.15, -0.1) is 0 Å². The van der Waals surface area contributed by atoms with Gasteiger partial charge in [0, 0.05) is 25.4 Å². The Balaban J connectivity index is 1.69. The van der Waals surface area contributed by atoms with Crippen LogP contribution in [0.1, 0.15) is 10.4 Å². The molecule has 4 aromatic rings.